The fraction of sp³-hybridized carbons (Fsp3) is 0.684. The molecule has 0 amide bonds. The summed E-state index contributed by atoms with van der Waals surface area (Å²) in [4.78, 5) is 0. The topological polar surface area (TPSA) is 38.0 Å². The SMILES string of the molecule is CC(CC(NN)c1ccccc1C1CCC1)CC(C)(C)C. The van der Waals surface area contributed by atoms with Crippen molar-refractivity contribution in [1.29, 1.82) is 0 Å². The van der Waals surface area contributed by atoms with E-state index in [4.69, 9.17) is 5.84 Å². The van der Waals surface area contributed by atoms with Crippen LogP contribution in [-0.4, -0.2) is 0 Å². The lowest BCUT2D eigenvalue weighted by Gasteiger charge is -2.32. The van der Waals surface area contributed by atoms with Gasteiger partial charge in [-0.1, -0.05) is 58.4 Å². The third-order valence-corrected chi connectivity index (χ3v) is 4.72. The number of nitrogens with one attached hydrogen (secondary N) is 1. The fourth-order valence-electron chi connectivity index (χ4n) is 3.74. The van der Waals surface area contributed by atoms with Gasteiger partial charge in [-0.25, -0.2) is 0 Å². The molecule has 1 saturated carbocycles. The molecule has 0 saturated heterocycles. The lowest BCUT2D eigenvalue weighted by Crippen LogP contribution is -2.31. The molecule has 0 bridgehead atoms. The van der Waals surface area contributed by atoms with Gasteiger partial charge in [0.15, 0.2) is 0 Å². The summed E-state index contributed by atoms with van der Waals surface area (Å²) < 4.78 is 0. The van der Waals surface area contributed by atoms with Crippen LogP contribution in [0.2, 0.25) is 0 Å². The Morgan fingerprint density at radius 2 is 1.90 bits per heavy atom. The zero-order chi connectivity index (χ0) is 15.5. The van der Waals surface area contributed by atoms with Crippen LogP contribution in [0.4, 0.5) is 0 Å². The van der Waals surface area contributed by atoms with Crippen molar-refractivity contribution < 1.29 is 0 Å². The molecule has 1 fully saturated rings. The molecule has 0 aliphatic heterocycles. The minimum absolute atomic E-state index is 0.277. The molecule has 0 radical (unpaired) electrons. The zero-order valence-corrected chi connectivity index (χ0v) is 14.2. The number of hydrazine groups is 1. The van der Waals surface area contributed by atoms with Crippen molar-refractivity contribution >= 4 is 0 Å². The standard InChI is InChI=1S/C19H32N2/c1-14(13-19(2,3)4)12-18(21-20)17-11-6-5-10-16(17)15-8-7-9-15/h5-6,10-11,14-15,18,21H,7-9,12-13,20H2,1-4H3. The first-order valence-corrected chi connectivity index (χ1v) is 8.45. The second kappa shape index (κ2) is 6.93. The Hall–Kier alpha value is -0.860. The van der Waals surface area contributed by atoms with Gasteiger partial charge in [0.25, 0.3) is 0 Å². The van der Waals surface area contributed by atoms with Crippen LogP contribution in [0, 0.1) is 11.3 Å². The first-order valence-electron chi connectivity index (χ1n) is 8.45. The number of hydrogen-bond donors (Lipinski definition) is 2. The molecule has 2 unspecified atom stereocenters. The van der Waals surface area contributed by atoms with Crippen LogP contribution in [0.15, 0.2) is 24.3 Å². The van der Waals surface area contributed by atoms with Crippen LogP contribution < -0.4 is 11.3 Å². The quantitative estimate of drug-likeness (QED) is 0.576. The first kappa shape index (κ1) is 16.5. The lowest BCUT2D eigenvalue weighted by atomic mass is 9.75. The molecule has 2 heteroatoms. The Kier molecular flexibility index (Phi) is 5.45. The van der Waals surface area contributed by atoms with Crippen molar-refractivity contribution in [2.75, 3.05) is 0 Å². The minimum Gasteiger partial charge on any atom is -0.271 e. The molecule has 2 nitrogen and oxygen atoms in total. The Morgan fingerprint density at radius 3 is 2.43 bits per heavy atom. The van der Waals surface area contributed by atoms with E-state index in [9.17, 15) is 0 Å². The van der Waals surface area contributed by atoms with E-state index in [1.165, 1.54) is 36.8 Å². The Morgan fingerprint density at radius 1 is 1.24 bits per heavy atom. The summed E-state index contributed by atoms with van der Waals surface area (Å²) in [6.07, 6.45) is 6.39. The summed E-state index contributed by atoms with van der Waals surface area (Å²) in [6.45, 7) is 9.30. The summed E-state index contributed by atoms with van der Waals surface area (Å²) in [5.74, 6) is 7.32. The van der Waals surface area contributed by atoms with Crippen LogP contribution in [0.1, 0.15) is 82.9 Å². The van der Waals surface area contributed by atoms with Crippen molar-refractivity contribution in [3.8, 4) is 0 Å². The van der Waals surface area contributed by atoms with Crippen LogP contribution in [-0.2, 0) is 0 Å². The van der Waals surface area contributed by atoms with E-state index in [0.29, 0.717) is 11.3 Å². The predicted octanol–water partition coefficient (Wildman–Crippen LogP) is 4.92. The van der Waals surface area contributed by atoms with E-state index in [1.54, 1.807) is 0 Å². The first-order chi connectivity index (χ1) is 9.90. The lowest BCUT2D eigenvalue weighted by molar-refractivity contribution is 0.275. The molecule has 118 valence electrons. The highest BCUT2D eigenvalue weighted by Gasteiger charge is 2.26. The van der Waals surface area contributed by atoms with Crippen molar-refractivity contribution in [1.82, 2.24) is 5.43 Å². The van der Waals surface area contributed by atoms with Crippen molar-refractivity contribution in [3.05, 3.63) is 35.4 Å². The van der Waals surface area contributed by atoms with Gasteiger partial charge in [-0.3, -0.25) is 11.3 Å². The number of benzene rings is 1. The largest absolute Gasteiger partial charge is 0.271 e. The maximum absolute atomic E-state index is 5.90. The van der Waals surface area contributed by atoms with Gasteiger partial charge < -0.3 is 0 Å². The van der Waals surface area contributed by atoms with Gasteiger partial charge in [-0.2, -0.15) is 0 Å². The van der Waals surface area contributed by atoms with Gasteiger partial charge >= 0.3 is 0 Å². The number of hydrogen-bond acceptors (Lipinski definition) is 2. The predicted molar refractivity (Wildman–Crippen MR) is 91.0 cm³/mol. The number of nitrogens with two attached hydrogens (primary N) is 1. The Balaban J connectivity index is 2.10. The highest BCUT2D eigenvalue weighted by atomic mass is 15.2. The molecule has 1 aromatic rings. The third-order valence-electron chi connectivity index (χ3n) is 4.72. The highest BCUT2D eigenvalue weighted by molar-refractivity contribution is 5.34. The van der Waals surface area contributed by atoms with Crippen molar-refractivity contribution in [2.24, 2.45) is 17.2 Å². The molecule has 0 aromatic heterocycles. The summed E-state index contributed by atoms with van der Waals surface area (Å²) in [7, 11) is 0. The molecule has 1 aliphatic carbocycles. The highest BCUT2D eigenvalue weighted by Crippen LogP contribution is 2.40. The maximum Gasteiger partial charge on any atom is 0.0465 e. The molecule has 3 N–H and O–H groups in total. The fourth-order valence-corrected chi connectivity index (χ4v) is 3.74. The minimum atomic E-state index is 0.277. The summed E-state index contributed by atoms with van der Waals surface area (Å²) in [5, 5.41) is 0. The van der Waals surface area contributed by atoms with Gasteiger partial charge in [0, 0.05) is 6.04 Å². The molecule has 1 aromatic carbocycles. The molecule has 21 heavy (non-hydrogen) atoms. The number of rotatable bonds is 6. The third kappa shape index (κ3) is 4.55. The van der Waals surface area contributed by atoms with Crippen LogP contribution in [0.5, 0.6) is 0 Å². The van der Waals surface area contributed by atoms with E-state index in [-0.39, 0.29) is 6.04 Å². The van der Waals surface area contributed by atoms with E-state index in [2.05, 4.69) is 57.4 Å². The molecule has 2 rings (SSSR count). The van der Waals surface area contributed by atoms with Gasteiger partial charge in [-0.05, 0) is 54.1 Å². The van der Waals surface area contributed by atoms with Gasteiger partial charge in [0.1, 0.15) is 0 Å². The van der Waals surface area contributed by atoms with E-state index >= 15 is 0 Å². The van der Waals surface area contributed by atoms with Crippen LogP contribution >= 0.6 is 0 Å². The Bertz CT molecular complexity index is 443. The van der Waals surface area contributed by atoms with Gasteiger partial charge in [0.05, 0.1) is 0 Å². The second-order valence-corrected chi connectivity index (χ2v) is 8.08. The smallest absolute Gasteiger partial charge is 0.0465 e. The average Bonchev–Trinajstić information content (AvgIpc) is 2.32. The molecule has 0 heterocycles. The van der Waals surface area contributed by atoms with Crippen LogP contribution in [0.25, 0.3) is 0 Å². The van der Waals surface area contributed by atoms with E-state index < -0.39 is 0 Å². The van der Waals surface area contributed by atoms with E-state index in [0.717, 1.165) is 12.3 Å². The van der Waals surface area contributed by atoms with Gasteiger partial charge in [-0.15, -0.1) is 0 Å². The molecule has 1 aliphatic rings. The summed E-state index contributed by atoms with van der Waals surface area (Å²) >= 11 is 0. The normalized spacial score (nSPS) is 19.1. The Labute approximate surface area is 130 Å². The monoisotopic (exact) mass is 288 g/mol. The zero-order valence-electron chi connectivity index (χ0n) is 14.2. The summed E-state index contributed by atoms with van der Waals surface area (Å²) in [5.41, 5.74) is 6.40. The molecule has 2 atom stereocenters. The van der Waals surface area contributed by atoms with Gasteiger partial charge in [0.2, 0.25) is 0 Å². The maximum atomic E-state index is 5.90. The summed E-state index contributed by atoms with van der Waals surface area (Å²) in [6, 6.07) is 9.17. The van der Waals surface area contributed by atoms with Crippen molar-refractivity contribution in [2.45, 2.75) is 71.8 Å². The molecular formula is C19H32N2. The molecular weight excluding hydrogens is 256 g/mol. The van der Waals surface area contributed by atoms with Crippen molar-refractivity contribution in [3.63, 3.8) is 0 Å². The second-order valence-electron chi connectivity index (χ2n) is 8.08. The molecule has 0 spiro atoms. The van der Waals surface area contributed by atoms with Crippen LogP contribution in [0.3, 0.4) is 0 Å². The average molecular weight is 288 g/mol. The van der Waals surface area contributed by atoms with E-state index in [1.807, 2.05) is 0 Å².